The molecular weight excluding hydrogens is 492 g/mol. The molecule has 0 unspecified atom stereocenters. The Labute approximate surface area is 210 Å². The largest absolute Gasteiger partial charge is 0.481 e. The van der Waals surface area contributed by atoms with Crippen LogP contribution in [0.4, 0.5) is 10.5 Å². The Kier molecular flexibility index (Phi) is 7.50. The van der Waals surface area contributed by atoms with Gasteiger partial charge < -0.3 is 10.0 Å². The van der Waals surface area contributed by atoms with E-state index in [0.717, 1.165) is 25.1 Å². The first kappa shape index (κ1) is 24.2. The number of aliphatic carboxylic acids is 1. The van der Waals surface area contributed by atoms with Crippen molar-refractivity contribution in [2.45, 2.75) is 33.7 Å². The molecule has 0 radical (unpaired) electrons. The van der Waals surface area contributed by atoms with Crippen molar-refractivity contribution in [3.05, 3.63) is 83.4 Å². The maximum atomic E-state index is 13.4. The van der Waals surface area contributed by atoms with E-state index < -0.39 is 30.4 Å². The molecule has 1 N–H and O–H groups in total. The van der Waals surface area contributed by atoms with Gasteiger partial charge in [0, 0.05) is 26.3 Å². The molecule has 0 aliphatic carbocycles. The van der Waals surface area contributed by atoms with Crippen molar-refractivity contribution in [1.82, 2.24) is 4.90 Å². The predicted octanol–water partition coefficient (Wildman–Crippen LogP) is 6.03. The van der Waals surface area contributed by atoms with E-state index in [2.05, 4.69) is 0 Å². The summed E-state index contributed by atoms with van der Waals surface area (Å²) in [5, 5.41) is 10.1. The van der Waals surface area contributed by atoms with Gasteiger partial charge in [0.2, 0.25) is 0 Å². The van der Waals surface area contributed by atoms with Crippen molar-refractivity contribution >= 4 is 58.7 Å². The first-order chi connectivity index (χ1) is 16.4. The van der Waals surface area contributed by atoms with Crippen molar-refractivity contribution in [3.63, 3.8) is 0 Å². The van der Waals surface area contributed by atoms with Crippen molar-refractivity contribution in [2.75, 3.05) is 11.2 Å². The van der Waals surface area contributed by atoms with Gasteiger partial charge in [0.25, 0.3) is 5.91 Å². The Morgan fingerprint density at radius 3 is 2.44 bits per heavy atom. The number of benzene rings is 3. The molecule has 1 saturated heterocycles. The van der Waals surface area contributed by atoms with E-state index in [0.29, 0.717) is 10.7 Å². The van der Waals surface area contributed by atoms with Crippen molar-refractivity contribution in [2.24, 2.45) is 0 Å². The van der Waals surface area contributed by atoms with Crippen LogP contribution in [0.1, 0.15) is 12.0 Å². The third-order valence-electron chi connectivity index (χ3n) is 5.35. The summed E-state index contributed by atoms with van der Waals surface area (Å²) in [7, 11) is 0. The van der Waals surface area contributed by atoms with Crippen molar-refractivity contribution < 1.29 is 19.5 Å². The number of halogens is 1. The number of urea groups is 1. The minimum absolute atomic E-state index is 0.109. The molecule has 3 aromatic carbocycles. The number of carbonyl (C=O) groups is 3. The predicted molar refractivity (Wildman–Crippen MR) is 135 cm³/mol. The zero-order valence-corrected chi connectivity index (χ0v) is 20.6. The third-order valence-corrected chi connectivity index (χ3v) is 7.46. The number of nitrogens with zero attached hydrogens (tertiary/aromatic N) is 2. The average Bonchev–Trinajstić information content (AvgIpc) is 3.05. The molecule has 1 fully saturated rings. The summed E-state index contributed by atoms with van der Waals surface area (Å²) < 4.78 is 0. The Balaban J connectivity index is 1.66. The second-order valence-corrected chi connectivity index (χ2v) is 9.99. The zero-order valence-electron chi connectivity index (χ0n) is 18.2. The van der Waals surface area contributed by atoms with Gasteiger partial charge >= 0.3 is 12.0 Å². The lowest BCUT2D eigenvalue weighted by Crippen LogP contribution is -2.36. The number of amides is 3. The molecule has 6 nitrogen and oxygen atoms in total. The molecule has 0 saturated carbocycles. The number of rotatable bonds is 8. The highest BCUT2D eigenvalue weighted by molar-refractivity contribution is 7.99. The number of anilines is 1. The summed E-state index contributed by atoms with van der Waals surface area (Å²) in [6.07, 6.45) is 1.44. The quantitative estimate of drug-likeness (QED) is 0.293. The molecule has 1 heterocycles. The van der Waals surface area contributed by atoms with Gasteiger partial charge in [0.05, 0.1) is 12.1 Å². The van der Waals surface area contributed by atoms with Crippen LogP contribution < -0.4 is 4.90 Å². The minimum atomic E-state index is -1.14. The van der Waals surface area contributed by atoms with Gasteiger partial charge in [-0.1, -0.05) is 47.6 Å². The van der Waals surface area contributed by atoms with Gasteiger partial charge in [-0.15, -0.1) is 11.8 Å². The summed E-state index contributed by atoms with van der Waals surface area (Å²) >= 11 is 9.00. The minimum Gasteiger partial charge on any atom is -0.481 e. The molecule has 9 heteroatoms. The summed E-state index contributed by atoms with van der Waals surface area (Å²) in [6, 6.07) is 20.5. The molecule has 3 amide bonds. The number of thioether (sulfide) groups is 1. The Hall–Kier alpha value is -2.94. The SMILES string of the molecule is CSc1cccc(N2C(=O)[C@H](CC(=O)O)N(Cc3ccccc3Sc3ccc(Cl)cc3)C2=O)c1. The van der Waals surface area contributed by atoms with Crippen LogP contribution in [0.15, 0.2) is 87.5 Å². The van der Waals surface area contributed by atoms with Crippen LogP contribution >= 0.6 is 35.1 Å². The van der Waals surface area contributed by atoms with Gasteiger partial charge in [-0.25, -0.2) is 9.69 Å². The Morgan fingerprint density at radius 1 is 1.00 bits per heavy atom. The van der Waals surface area contributed by atoms with E-state index in [1.807, 2.05) is 48.7 Å². The summed E-state index contributed by atoms with van der Waals surface area (Å²) in [5.74, 6) is -1.67. The molecular formula is C25H21ClN2O4S2. The summed E-state index contributed by atoms with van der Waals surface area (Å²) in [5.41, 5.74) is 1.25. The lowest BCUT2D eigenvalue weighted by Gasteiger charge is -2.22. The van der Waals surface area contributed by atoms with Crippen molar-refractivity contribution in [1.29, 1.82) is 0 Å². The maximum absolute atomic E-state index is 13.4. The lowest BCUT2D eigenvalue weighted by atomic mass is 10.1. The van der Waals surface area contributed by atoms with Crippen LogP contribution in [-0.2, 0) is 16.1 Å². The van der Waals surface area contributed by atoms with E-state index in [4.69, 9.17) is 11.6 Å². The van der Waals surface area contributed by atoms with E-state index in [1.54, 1.807) is 30.3 Å². The van der Waals surface area contributed by atoms with Gasteiger partial charge in [-0.2, -0.15) is 0 Å². The first-order valence-corrected chi connectivity index (χ1v) is 12.8. The van der Waals surface area contributed by atoms with Gasteiger partial charge in [-0.05, 0) is 60.4 Å². The highest BCUT2D eigenvalue weighted by Gasteiger charge is 2.46. The molecule has 1 atom stereocenters. The molecule has 1 aliphatic rings. The van der Waals surface area contributed by atoms with Gasteiger partial charge in [0.1, 0.15) is 6.04 Å². The zero-order chi connectivity index (χ0) is 24.2. The second kappa shape index (κ2) is 10.5. The topological polar surface area (TPSA) is 77.9 Å². The van der Waals surface area contributed by atoms with Crippen LogP contribution in [-0.4, -0.2) is 40.2 Å². The molecule has 3 aromatic rings. The van der Waals surface area contributed by atoms with Crippen molar-refractivity contribution in [3.8, 4) is 0 Å². The van der Waals surface area contributed by atoms with Crippen LogP contribution in [0.2, 0.25) is 5.02 Å². The fraction of sp³-hybridized carbons (Fsp3) is 0.160. The van der Waals surface area contributed by atoms with E-state index >= 15 is 0 Å². The number of imide groups is 1. The second-order valence-electron chi connectivity index (χ2n) is 7.56. The first-order valence-electron chi connectivity index (χ1n) is 10.4. The fourth-order valence-electron chi connectivity index (χ4n) is 3.71. The molecule has 0 spiro atoms. The maximum Gasteiger partial charge on any atom is 0.332 e. The van der Waals surface area contributed by atoms with Crippen LogP contribution in [0.25, 0.3) is 0 Å². The standard InChI is InChI=1S/C25H21ClN2O4S2/c1-33-20-7-4-6-18(13-20)28-24(31)21(14-23(29)30)27(25(28)32)15-16-5-2-3-8-22(16)34-19-11-9-17(26)10-12-19/h2-13,21H,14-15H2,1H3,(H,29,30)/t21-/m0/s1. The number of carboxylic acid groups (broad SMARTS) is 1. The molecule has 34 heavy (non-hydrogen) atoms. The number of hydrogen-bond donors (Lipinski definition) is 1. The molecule has 4 rings (SSSR count). The molecule has 0 aromatic heterocycles. The normalized spacial score (nSPS) is 15.8. The summed E-state index contributed by atoms with van der Waals surface area (Å²) in [4.78, 5) is 43.4. The highest BCUT2D eigenvalue weighted by atomic mass is 35.5. The summed E-state index contributed by atoms with van der Waals surface area (Å²) in [6.45, 7) is 0.109. The Morgan fingerprint density at radius 2 is 1.74 bits per heavy atom. The number of carboxylic acids is 1. The van der Waals surface area contributed by atoms with Gasteiger partial charge in [-0.3, -0.25) is 9.59 Å². The van der Waals surface area contributed by atoms with Crippen LogP contribution in [0, 0.1) is 0 Å². The average molecular weight is 513 g/mol. The van der Waals surface area contributed by atoms with Gasteiger partial charge in [0.15, 0.2) is 0 Å². The molecule has 174 valence electrons. The monoisotopic (exact) mass is 512 g/mol. The number of carbonyl (C=O) groups excluding carboxylic acids is 2. The third kappa shape index (κ3) is 5.24. The fourth-order valence-corrected chi connectivity index (χ4v) is 5.23. The van der Waals surface area contributed by atoms with E-state index in [-0.39, 0.29) is 6.54 Å². The van der Waals surface area contributed by atoms with Crippen LogP contribution in [0.3, 0.4) is 0 Å². The lowest BCUT2D eigenvalue weighted by molar-refractivity contribution is -0.140. The van der Waals surface area contributed by atoms with E-state index in [1.165, 1.54) is 28.4 Å². The highest BCUT2D eigenvalue weighted by Crippen LogP contribution is 2.35. The molecule has 0 bridgehead atoms. The smallest absolute Gasteiger partial charge is 0.332 e. The molecule has 1 aliphatic heterocycles. The number of hydrogen-bond acceptors (Lipinski definition) is 5. The van der Waals surface area contributed by atoms with E-state index in [9.17, 15) is 19.5 Å². The Bertz CT molecular complexity index is 1240. The van der Waals surface area contributed by atoms with Crippen LogP contribution in [0.5, 0.6) is 0 Å².